The first-order valence-electron chi connectivity index (χ1n) is 11.2. The Hall–Kier alpha value is -0.300. The molecule has 10 unspecified atom stereocenters. The second kappa shape index (κ2) is 5.02. The molecule has 2 saturated heterocycles. The summed E-state index contributed by atoms with van der Waals surface area (Å²) >= 11 is 3.65. The molecule has 2 aliphatic heterocycles. The predicted octanol–water partition coefficient (Wildman–Crippen LogP) is 2.70. The Balaban J connectivity index is 1.63. The molecule has 2 N–H and O–H groups in total. The van der Waals surface area contributed by atoms with Crippen molar-refractivity contribution in [3.05, 3.63) is 0 Å². The molecule has 2 spiro atoms. The fourth-order valence-electron chi connectivity index (χ4n) is 9.96. The summed E-state index contributed by atoms with van der Waals surface area (Å²) < 4.78 is 6.08. The first-order chi connectivity index (χ1) is 13.4. The van der Waals surface area contributed by atoms with E-state index in [1.807, 2.05) is 0 Å². The number of fused-ring (bicyclic) bond motifs is 2. The topological polar surface area (TPSA) is 83.8 Å². The van der Waals surface area contributed by atoms with Crippen LogP contribution in [0.1, 0.15) is 53.4 Å². The number of carbonyl (C=O) groups is 2. The minimum atomic E-state index is -1.88. The van der Waals surface area contributed by atoms with Crippen LogP contribution in [0.2, 0.25) is 0 Å². The van der Waals surface area contributed by atoms with Gasteiger partial charge in [0.15, 0.2) is 5.78 Å². The molecule has 7 fully saturated rings. The normalized spacial score (nSPS) is 60.9. The van der Waals surface area contributed by atoms with Crippen LogP contribution in [0.15, 0.2) is 0 Å². The van der Waals surface area contributed by atoms with E-state index in [9.17, 15) is 19.8 Å². The summed E-state index contributed by atoms with van der Waals surface area (Å²) in [4.78, 5) is 27.4. The number of aliphatic hydroxyl groups excluding tert-OH is 1. The summed E-state index contributed by atoms with van der Waals surface area (Å²) in [7, 11) is 0. The Morgan fingerprint density at radius 1 is 1.10 bits per heavy atom. The second-order valence-electron chi connectivity index (χ2n) is 12.1. The molecule has 2 heterocycles. The molecule has 29 heavy (non-hydrogen) atoms. The third kappa shape index (κ3) is 1.61. The Morgan fingerprint density at radius 2 is 1.79 bits per heavy atom. The number of aliphatic hydroxyl groups is 2. The molecule has 0 radical (unpaired) electrons. The third-order valence-electron chi connectivity index (χ3n) is 10.7. The van der Waals surface area contributed by atoms with Gasteiger partial charge >= 0.3 is 0 Å². The zero-order valence-electron chi connectivity index (χ0n) is 17.6. The maximum atomic E-state index is 13.9. The van der Waals surface area contributed by atoms with Gasteiger partial charge in [0.25, 0.3) is 0 Å². The molecule has 0 aromatic heterocycles. The standard InChI is InChI=1S/C23H31BrO5/c1-19(2)9-11(24)16(25)21-7-8-29-23(28,18(27)15(19)21)22-12(21)6-5-10-13(22)14(17(22)26)20(10,3)4/h10-15,18,27-28H,5-9H2,1-4H3. The van der Waals surface area contributed by atoms with Crippen molar-refractivity contribution in [2.24, 2.45) is 51.2 Å². The summed E-state index contributed by atoms with van der Waals surface area (Å²) in [6, 6.07) is 0. The van der Waals surface area contributed by atoms with Crippen LogP contribution in [0.25, 0.3) is 0 Å². The molecule has 5 aliphatic carbocycles. The van der Waals surface area contributed by atoms with Crippen molar-refractivity contribution in [3.8, 4) is 0 Å². The van der Waals surface area contributed by atoms with Gasteiger partial charge in [0, 0.05) is 17.3 Å². The monoisotopic (exact) mass is 466 g/mol. The summed E-state index contributed by atoms with van der Waals surface area (Å²) in [5, 5.41) is 23.7. The number of hydrogen-bond acceptors (Lipinski definition) is 5. The number of ketones is 2. The average molecular weight is 467 g/mol. The van der Waals surface area contributed by atoms with Crippen molar-refractivity contribution < 1.29 is 24.5 Å². The van der Waals surface area contributed by atoms with Gasteiger partial charge in [-0.3, -0.25) is 9.59 Å². The maximum absolute atomic E-state index is 13.9. The van der Waals surface area contributed by atoms with Gasteiger partial charge in [-0.1, -0.05) is 43.6 Å². The molecule has 160 valence electrons. The average Bonchev–Trinajstić information content (AvgIpc) is 2.81. The van der Waals surface area contributed by atoms with E-state index in [2.05, 4.69) is 43.6 Å². The van der Waals surface area contributed by atoms with Crippen molar-refractivity contribution in [2.75, 3.05) is 6.61 Å². The fourth-order valence-corrected chi connectivity index (χ4v) is 11.2. The van der Waals surface area contributed by atoms with Crippen molar-refractivity contribution >= 4 is 27.5 Å². The molecule has 10 atom stereocenters. The minimum absolute atomic E-state index is 0.0194. The van der Waals surface area contributed by atoms with E-state index in [1.54, 1.807) is 0 Å². The first-order valence-corrected chi connectivity index (χ1v) is 12.1. The minimum Gasteiger partial charge on any atom is -0.387 e. The van der Waals surface area contributed by atoms with Gasteiger partial charge in [0.05, 0.1) is 16.8 Å². The summed E-state index contributed by atoms with van der Waals surface area (Å²) in [6.45, 7) is 8.70. The van der Waals surface area contributed by atoms with E-state index in [1.165, 1.54) is 0 Å². The quantitative estimate of drug-likeness (QED) is 0.536. The van der Waals surface area contributed by atoms with Crippen molar-refractivity contribution in [3.63, 3.8) is 0 Å². The smallest absolute Gasteiger partial charge is 0.205 e. The van der Waals surface area contributed by atoms with Crippen molar-refractivity contribution in [1.29, 1.82) is 0 Å². The molecule has 6 heteroatoms. The molecule has 0 aromatic carbocycles. The van der Waals surface area contributed by atoms with Gasteiger partial charge in [-0.25, -0.2) is 0 Å². The lowest BCUT2D eigenvalue weighted by Gasteiger charge is -2.82. The van der Waals surface area contributed by atoms with Crippen LogP contribution in [-0.2, 0) is 14.3 Å². The highest BCUT2D eigenvalue weighted by molar-refractivity contribution is 9.10. The molecule has 2 bridgehead atoms. The Morgan fingerprint density at radius 3 is 2.48 bits per heavy atom. The van der Waals surface area contributed by atoms with E-state index >= 15 is 0 Å². The predicted molar refractivity (Wildman–Crippen MR) is 108 cm³/mol. The van der Waals surface area contributed by atoms with Crippen LogP contribution in [-0.4, -0.2) is 45.1 Å². The van der Waals surface area contributed by atoms with Crippen LogP contribution in [0.4, 0.5) is 0 Å². The molecule has 5 nitrogen and oxygen atoms in total. The van der Waals surface area contributed by atoms with Gasteiger partial charge < -0.3 is 14.9 Å². The SMILES string of the molecule is CC1(C)CC(Br)C(=O)C23CCOC(O)(C(O)C12)C12C(=O)C4C1C(CCC32)C4(C)C. The number of rotatable bonds is 0. The van der Waals surface area contributed by atoms with Crippen LogP contribution in [0.3, 0.4) is 0 Å². The fraction of sp³-hybridized carbons (Fsp3) is 0.913. The zero-order valence-corrected chi connectivity index (χ0v) is 19.2. The van der Waals surface area contributed by atoms with Gasteiger partial charge in [0.1, 0.15) is 11.9 Å². The molecular weight excluding hydrogens is 436 g/mol. The molecule has 5 saturated carbocycles. The molecule has 7 rings (SSSR count). The van der Waals surface area contributed by atoms with Gasteiger partial charge in [-0.05, 0) is 54.3 Å². The summed E-state index contributed by atoms with van der Waals surface area (Å²) in [6.07, 6.45) is 1.59. The van der Waals surface area contributed by atoms with Crippen LogP contribution >= 0.6 is 15.9 Å². The number of ether oxygens (including phenoxy) is 1. The van der Waals surface area contributed by atoms with Gasteiger partial charge in [0.2, 0.25) is 5.79 Å². The first kappa shape index (κ1) is 19.4. The van der Waals surface area contributed by atoms with E-state index in [0.29, 0.717) is 18.8 Å². The lowest BCUT2D eigenvalue weighted by Crippen LogP contribution is -2.90. The van der Waals surface area contributed by atoms with Gasteiger partial charge in [-0.2, -0.15) is 0 Å². The Bertz CT molecular complexity index is 852. The molecule has 0 aromatic rings. The molecule has 7 aliphatic rings. The highest BCUT2D eigenvalue weighted by Crippen LogP contribution is 2.85. The number of halogens is 1. The Labute approximate surface area is 180 Å². The number of hydrogen-bond donors (Lipinski definition) is 2. The van der Waals surface area contributed by atoms with Crippen molar-refractivity contribution in [2.45, 2.75) is 70.1 Å². The number of alkyl halides is 1. The van der Waals surface area contributed by atoms with Gasteiger partial charge in [-0.15, -0.1) is 0 Å². The summed E-state index contributed by atoms with van der Waals surface area (Å²) in [5.74, 6) is -2.11. The van der Waals surface area contributed by atoms with Crippen LogP contribution in [0, 0.1) is 51.2 Å². The third-order valence-corrected chi connectivity index (χ3v) is 11.4. The molecular formula is C23H31BrO5. The number of Topliss-reactive ketones (excluding diaryl/α,β-unsaturated/α-hetero) is 2. The van der Waals surface area contributed by atoms with E-state index in [4.69, 9.17) is 4.74 Å². The highest BCUT2D eigenvalue weighted by Gasteiger charge is 2.92. The summed E-state index contributed by atoms with van der Waals surface area (Å²) in [5.41, 5.74) is -2.37. The van der Waals surface area contributed by atoms with Crippen LogP contribution < -0.4 is 0 Å². The van der Waals surface area contributed by atoms with E-state index in [0.717, 1.165) is 12.8 Å². The zero-order chi connectivity index (χ0) is 20.9. The lowest BCUT2D eigenvalue weighted by atomic mass is 9.20. The van der Waals surface area contributed by atoms with Crippen molar-refractivity contribution in [1.82, 2.24) is 0 Å². The maximum Gasteiger partial charge on any atom is 0.205 e. The van der Waals surface area contributed by atoms with E-state index in [-0.39, 0.29) is 51.6 Å². The number of carbonyl (C=O) groups excluding carboxylic acids is 2. The van der Waals surface area contributed by atoms with E-state index < -0.39 is 28.6 Å². The Kier molecular flexibility index (Phi) is 3.36. The lowest BCUT2D eigenvalue weighted by molar-refractivity contribution is -0.417. The largest absolute Gasteiger partial charge is 0.387 e. The van der Waals surface area contributed by atoms with Crippen LogP contribution in [0.5, 0.6) is 0 Å². The second-order valence-corrected chi connectivity index (χ2v) is 13.2. The molecule has 0 amide bonds. The highest BCUT2D eigenvalue weighted by atomic mass is 79.9.